The maximum absolute atomic E-state index is 13.8. The lowest BCUT2D eigenvalue weighted by Crippen LogP contribution is -2.26. The Morgan fingerprint density at radius 1 is 1.17 bits per heavy atom. The largest absolute Gasteiger partial charge is 0.339 e. The molecule has 100 valence electrons. The Kier molecular flexibility index (Phi) is 6.58. The highest BCUT2D eigenvalue weighted by Crippen LogP contribution is 2.15. The van der Waals surface area contributed by atoms with Crippen LogP contribution in [-0.4, -0.2) is 18.2 Å². The minimum atomic E-state index is -1.85. The van der Waals surface area contributed by atoms with Crippen LogP contribution in [0.1, 0.15) is 49.9 Å². The Labute approximate surface area is 108 Å². The van der Waals surface area contributed by atoms with E-state index in [1.807, 2.05) is 13.8 Å². The third-order valence-corrected chi connectivity index (χ3v) is 2.80. The minimum absolute atomic E-state index is 0.164. The third-order valence-electron chi connectivity index (χ3n) is 2.80. The van der Waals surface area contributed by atoms with E-state index < -0.39 is 12.1 Å². The number of Topliss-reactive ketones (excluding diaryl/α,β-unsaturated/α-hetero) is 1. The average molecular weight is 252 g/mol. The second kappa shape index (κ2) is 7.98. The van der Waals surface area contributed by atoms with Crippen LogP contribution in [-0.2, 0) is 4.74 Å². The summed E-state index contributed by atoms with van der Waals surface area (Å²) >= 11 is 0. The van der Waals surface area contributed by atoms with E-state index in [4.69, 9.17) is 4.74 Å². The molecule has 0 fully saturated rings. The lowest BCUT2D eigenvalue weighted by molar-refractivity contribution is -0.0691. The van der Waals surface area contributed by atoms with Gasteiger partial charge in [0.1, 0.15) is 0 Å². The van der Waals surface area contributed by atoms with E-state index in [0.29, 0.717) is 5.56 Å². The van der Waals surface area contributed by atoms with E-state index >= 15 is 0 Å². The summed E-state index contributed by atoms with van der Waals surface area (Å²) in [5, 5.41) is 0. The van der Waals surface area contributed by atoms with Crippen LogP contribution >= 0.6 is 0 Å². The number of ketones is 1. The van der Waals surface area contributed by atoms with Crippen molar-refractivity contribution in [2.75, 3.05) is 0 Å². The zero-order chi connectivity index (χ0) is 13.4. The van der Waals surface area contributed by atoms with Gasteiger partial charge in [-0.3, -0.25) is 4.79 Å². The van der Waals surface area contributed by atoms with Gasteiger partial charge in [-0.25, -0.2) is 4.39 Å². The summed E-state index contributed by atoms with van der Waals surface area (Å²) in [6.45, 7) is 4.05. The van der Waals surface area contributed by atoms with Gasteiger partial charge in [0.2, 0.25) is 5.78 Å². The molecule has 0 saturated heterocycles. The first-order valence-corrected chi connectivity index (χ1v) is 6.57. The molecule has 0 heterocycles. The van der Waals surface area contributed by atoms with E-state index in [-0.39, 0.29) is 6.10 Å². The molecule has 0 spiro atoms. The molecule has 0 radical (unpaired) electrons. The van der Waals surface area contributed by atoms with Crippen LogP contribution in [0.5, 0.6) is 0 Å². The number of carbonyl (C=O) groups is 1. The number of hydrogen-bond acceptors (Lipinski definition) is 2. The predicted molar refractivity (Wildman–Crippen MR) is 70.4 cm³/mol. The molecule has 0 aliphatic carbocycles. The number of ether oxygens (including phenoxy) is 1. The maximum atomic E-state index is 13.8. The monoisotopic (exact) mass is 252 g/mol. The Bertz CT molecular complexity index is 345. The van der Waals surface area contributed by atoms with Gasteiger partial charge < -0.3 is 4.74 Å². The average Bonchev–Trinajstić information content (AvgIpc) is 2.39. The number of hydrogen-bond donors (Lipinski definition) is 0. The van der Waals surface area contributed by atoms with Gasteiger partial charge >= 0.3 is 0 Å². The highest BCUT2D eigenvalue weighted by atomic mass is 19.1. The lowest BCUT2D eigenvalue weighted by atomic mass is 10.1. The van der Waals surface area contributed by atoms with Crippen LogP contribution in [0.25, 0.3) is 0 Å². The maximum Gasteiger partial charge on any atom is 0.263 e. The summed E-state index contributed by atoms with van der Waals surface area (Å²) in [4.78, 5) is 11.8. The molecule has 0 aliphatic heterocycles. The van der Waals surface area contributed by atoms with Crippen LogP contribution in [0.15, 0.2) is 30.3 Å². The van der Waals surface area contributed by atoms with Crippen molar-refractivity contribution in [1.82, 2.24) is 0 Å². The summed E-state index contributed by atoms with van der Waals surface area (Å²) in [6.07, 6.45) is 1.42. The third kappa shape index (κ3) is 4.57. The molecule has 0 N–H and O–H groups in total. The standard InChI is InChI=1S/C15H21FO2/c1-3-8-13(9-4-2)18-15(16)14(17)12-10-6-5-7-11-12/h5-7,10-11,13,15H,3-4,8-9H2,1-2H3. The Morgan fingerprint density at radius 2 is 1.72 bits per heavy atom. The molecule has 0 bridgehead atoms. The van der Waals surface area contributed by atoms with E-state index in [9.17, 15) is 9.18 Å². The topological polar surface area (TPSA) is 26.3 Å². The zero-order valence-electron chi connectivity index (χ0n) is 11.1. The van der Waals surface area contributed by atoms with Crippen molar-refractivity contribution >= 4 is 5.78 Å². The SMILES string of the molecule is CCCC(CCC)OC(F)C(=O)c1ccccc1. The minimum Gasteiger partial charge on any atom is -0.339 e. The molecule has 18 heavy (non-hydrogen) atoms. The summed E-state index contributed by atoms with van der Waals surface area (Å²) in [7, 11) is 0. The fourth-order valence-electron chi connectivity index (χ4n) is 1.89. The molecule has 3 heteroatoms. The normalized spacial score (nSPS) is 12.7. The number of carbonyl (C=O) groups excluding carboxylic acids is 1. The highest BCUT2D eigenvalue weighted by molar-refractivity contribution is 5.98. The van der Waals surface area contributed by atoms with Gasteiger partial charge in [0.05, 0.1) is 6.10 Å². The number of halogens is 1. The Hall–Kier alpha value is -1.22. The molecule has 0 amide bonds. The molecule has 0 saturated carbocycles. The Balaban J connectivity index is 2.58. The molecule has 1 aromatic carbocycles. The smallest absolute Gasteiger partial charge is 0.263 e. The summed E-state index contributed by atoms with van der Waals surface area (Å²) < 4.78 is 19.0. The second-order valence-corrected chi connectivity index (χ2v) is 4.38. The van der Waals surface area contributed by atoms with Crippen LogP contribution in [0.3, 0.4) is 0 Å². The molecule has 0 aliphatic rings. The van der Waals surface area contributed by atoms with Gasteiger partial charge in [0.15, 0.2) is 0 Å². The van der Waals surface area contributed by atoms with Crippen molar-refractivity contribution in [3.8, 4) is 0 Å². The molecule has 1 atom stereocenters. The zero-order valence-corrected chi connectivity index (χ0v) is 11.1. The molecule has 2 nitrogen and oxygen atoms in total. The molecular formula is C15H21FO2. The van der Waals surface area contributed by atoms with Crippen LogP contribution in [0.2, 0.25) is 0 Å². The summed E-state index contributed by atoms with van der Waals surface area (Å²) in [6, 6.07) is 8.44. The molecule has 0 aromatic heterocycles. The van der Waals surface area contributed by atoms with E-state index in [1.165, 1.54) is 0 Å². The van der Waals surface area contributed by atoms with Crippen molar-refractivity contribution in [3.05, 3.63) is 35.9 Å². The summed E-state index contributed by atoms with van der Waals surface area (Å²) in [5.41, 5.74) is 0.358. The first kappa shape index (κ1) is 14.8. The predicted octanol–water partition coefficient (Wildman–Crippen LogP) is 4.15. The van der Waals surface area contributed by atoms with Crippen LogP contribution < -0.4 is 0 Å². The number of benzene rings is 1. The van der Waals surface area contributed by atoms with E-state index in [0.717, 1.165) is 25.7 Å². The number of rotatable bonds is 8. The van der Waals surface area contributed by atoms with Gasteiger partial charge in [-0.1, -0.05) is 57.0 Å². The number of alkyl halides is 1. The van der Waals surface area contributed by atoms with Crippen molar-refractivity contribution in [3.63, 3.8) is 0 Å². The van der Waals surface area contributed by atoms with Crippen molar-refractivity contribution in [2.45, 2.75) is 52.0 Å². The van der Waals surface area contributed by atoms with E-state index in [1.54, 1.807) is 30.3 Å². The van der Waals surface area contributed by atoms with Crippen LogP contribution in [0.4, 0.5) is 4.39 Å². The Morgan fingerprint density at radius 3 is 2.22 bits per heavy atom. The van der Waals surface area contributed by atoms with Crippen molar-refractivity contribution in [1.29, 1.82) is 0 Å². The van der Waals surface area contributed by atoms with Gasteiger partial charge in [-0.05, 0) is 12.8 Å². The van der Waals surface area contributed by atoms with Crippen molar-refractivity contribution < 1.29 is 13.9 Å². The highest BCUT2D eigenvalue weighted by Gasteiger charge is 2.23. The van der Waals surface area contributed by atoms with Gasteiger partial charge in [0, 0.05) is 5.56 Å². The summed E-state index contributed by atoms with van der Waals surface area (Å²) in [5.74, 6) is -0.590. The first-order chi connectivity index (χ1) is 8.69. The molecule has 1 aromatic rings. The quantitative estimate of drug-likeness (QED) is 0.650. The second-order valence-electron chi connectivity index (χ2n) is 4.38. The lowest BCUT2D eigenvalue weighted by Gasteiger charge is -2.18. The van der Waals surface area contributed by atoms with Crippen LogP contribution in [0, 0.1) is 0 Å². The molecule has 1 unspecified atom stereocenters. The first-order valence-electron chi connectivity index (χ1n) is 6.57. The van der Waals surface area contributed by atoms with E-state index in [2.05, 4.69) is 0 Å². The molecular weight excluding hydrogens is 231 g/mol. The fourth-order valence-corrected chi connectivity index (χ4v) is 1.89. The fraction of sp³-hybridized carbons (Fsp3) is 0.533. The van der Waals surface area contributed by atoms with Gasteiger partial charge in [-0.2, -0.15) is 0 Å². The van der Waals surface area contributed by atoms with Gasteiger partial charge in [-0.15, -0.1) is 0 Å². The molecule has 1 rings (SSSR count). The van der Waals surface area contributed by atoms with Crippen molar-refractivity contribution in [2.24, 2.45) is 0 Å². The van der Waals surface area contributed by atoms with Gasteiger partial charge in [0.25, 0.3) is 6.36 Å².